The zero-order valence-electron chi connectivity index (χ0n) is 7.76. The van der Waals surface area contributed by atoms with E-state index in [1.807, 2.05) is 0 Å². The predicted molar refractivity (Wildman–Crippen MR) is 45.2 cm³/mol. The van der Waals surface area contributed by atoms with Gasteiger partial charge in [-0.1, -0.05) is 19.3 Å². The number of hydrogen-bond donors (Lipinski definition) is 2. The molecule has 1 saturated carbocycles. The van der Waals surface area contributed by atoms with Crippen LogP contribution in [0.3, 0.4) is 0 Å². The molecular formula is C8H14F2N2O2. The van der Waals surface area contributed by atoms with Crippen molar-refractivity contribution in [3.05, 3.63) is 0 Å². The Morgan fingerprint density at radius 1 is 1.36 bits per heavy atom. The number of rotatable bonds is 3. The normalized spacial score (nSPS) is 19.4. The summed E-state index contributed by atoms with van der Waals surface area (Å²) < 4.78 is 30.2. The van der Waals surface area contributed by atoms with Crippen molar-refractivity contribution in [2.45, 2.75) is 44.3 Å². The molecule has 1 aliphatic rings. The van der Waals surface area contributed by atoms with E-state index in [1.54, 1.807) is 0 Å². The highest BCUT2D eigenvalue weighted by molar-refractivity contribution is 5.81. The lowest BCUT2D eigenvalue weighted by Gasteiger charge is -2.25. The number of alkyl halides is 2. The van der Waals surface area contributed by atoms with Gasteiger partial charge in [0.25, 0.3) is 0 Å². The summed E-state index contributed by atoms with van der Waals surface area (Å²) in [6.07, 6.45) is -0.418. The molecule has 14 heavy (non-hydrogen) atoms. The molecule has 0 heterocycles. The monoisotopic (exact) mass is 208 g/mol. The van der Waals surface area contributed by atoms with Crippen LogP contribution < -0.4 is 11.3 Å². The molecule has 0 radical (unpaired) electrons. The van der Waals surface area contributed by atoms with Gasteiger partial charge in [0.05, 0.1) is 6.10 Å². The zero-order chi connectivity index (χ0) is 10.6. The van der Waals surface area contributed by atoms with Gasteiger partial charge in [-0.15, -0.1) is 0 Å². The quantitative estimate of drug-likeness (QED) is 0.412. The van der Waals surface area contributed by atoms with Crippen LogP contribution in [0.1, 0.15) is 32.1 Å². The van der Waals surface area contributed by atoms with Crippen molar-refractivity contribution in [3.8, 4) is 0 Å². The van der Waals surface area contributed by atoms with Gasteiger partial charge in [-0.25, -0.2) is 5.84 Å². The Morgan fingerprint density at radius 2 is 1.93 bits per heavy atom. The summed E-state index contributed by atoms with van der Waals surface area (Å²) >= 11 is 0. The van der Waals surface area contributed by atoms with Crippen LogP contribution in [-0.2, 0) is 9.53 Å². The van der Waals surface area contributed by atoms with E-state index in [0.717, 1.165) is 19.3 Å². The van der Waals surface area contributed by atoms with Gasteiger partial charge in [-0.3, -0.25) is 10.2 Å². The van der Waals surface area contributed by atoms with Gasteiger partial charge in [-0.2, -0.15) is 8.78 Å². The number of nitrogens with two attached hydrogens (primary N) is 1. The lowest BCUT2D eigenvalue weighted by atomic mass is 9.98. The maximum atomic E-state index is 12.9. The minimum Gasteiger partial charge on any atom is -0.309 e. The molecule has 1 aliphatic carbocycles. The number of hydrogen-bond acceptors (Lipinski definition) is 3. The lowest BCUT2D eigenvalue weighted by Crippen LogP contribution is -2.47. The molecule has 82 valence electrons. The Morgan fingerprint density at radius 3 is 2.43 bits per heavy atom. The molecule has 0 unspecified atom stereocenters. The Balaban J connectivity index is 2.44. The van der Waals surface area contributed by atoms with Gasteiger partial charge in [0, 0.05) is 0 Å². The summed E-state index contributed by atoms with van der Waals surface area (Å²) in [6, 6.07) is 0. The summed E-state index contributed by atoms with van der Waals surface area (Å²) in [5, 5.41) is 0. The molecule has 0 aliphatic heterocycles. The molecule has 0 bridgehead atoms. The van der Waals surface area contributed by atoms with Crippen molar-refractivity contribution in [3.63, 3.8) is 0 Å². The molecule has 0 saturated heterocycles. The van der Waals surface area contributed by atoms with Gasteiger partial charge in [-0.05, 0) is 12.8 Å². The van der Waals surface area contributed by atoms with Crippen LogP contribution >= 0.6 is 0 Å². The Kier molecular flexibility index (Phi) is 3.77. The minimum absolute atomic E-state index is 0.531. The second-order valence-corrected chi connectivity index (χ2v) is 3.37. The van der Waals surface area contributed by atoms with Crippen LogP contribution in [0.2, 0.25) is 0 Å². The predicted octanol–water partition coefficient (Wildman–Crippen LogP) is 0.918. The number of halogens is 2. The van der Waals surface area contributed by atoms with E-state index in [9.17, 15) is 13.6 Å². The number of amides is 1. The second kappa shape index (κ2) is 4.65. The number of carbonyl (C=O) groups excluding carboxylic acids is 1. The molecular weight excluding hydrogens is 194 g/mol. The van der Waals surface area contributed by atoms with Gasteiger partial charge in [0.15, 0.2) is 0 Å². The highest BCUT2D eigenvalue weighted by atomic mass is 19.3. The standard InChI is InChI=1S/C8H14F2N2O2/c9-8(10,7(13)12-11)14-6-4-2-1-3-5-6/h6H,1-5,11H2,(H,12,13). The van der Waals surface area contributed by atoms with Crippen LogP contribution in [0.4, 0.5) is 8.78 Å². The molecule has 1 rings (SSSR count). The number of ether oxygens (including phenoxy) is 1. The Hall–Kier alpha value is -0.750. The zero-order valence-corrected chi connectivity index (χ0v) is 7.76. The first kappa shape index (κ1) is 11.3. The number of nitrogens with one attached hydrogen (secondary N) is 1. The summed E-state index contributed by atoms with van der Waals surface area (Å²) in [5.74, 6) is 3.01. The van der Waals surface area contributed by atoms with Crippen molar-refractivity contribution in [1.29, 1.82) is 0 Å². The molecule has 6 heteroatoms. The van der Waals surface area contributed by atoms with Gasteiger partial charge in [0.1, 0.15) is 0 Å². The van der Waals surface area contributed by atoms with Crippen LogP contribution in [0.25, 0.3) is 0 Å². The average molecular weight is 208 g/mol. The third-order valence-electron chi connectivity index (χ3n) is 2.26. The molecule has 3 N–H and O–H groups in total. The molecule has 0 aromatic heterocycles. The van der Waals surface area contributed by atoms with Crippen molar-refractivity contribution in [2.75, 3.05) is 0 Å². The van der Waals surface area contributed by atoms with Crippen LogP contribution in [-0.4, -0.2) is 18.1 Å². The number of hydrazine groups is 1. The Labute approximate surface area is 80.8 Å². The highest BCUT2D eigenvalue weighted by Gasteiger charge is 2.42. The maximum absolute atomic E-state index is 12.9. The largest absolute Gasteiger partial charge is 0.438 e. The fourth-order valence-electron chi connectivity index (χ4n) is 1.53. The number of carbonyl (C=O) groups is 1. The lowest BCUT2D eigenvalue weighted by molar-refractivity contribution is -0.253. The summed E-state index contributed by atoms with van der Waals surface area (Å²) in [5.41, 5.74) is 1.38. The highest BCUT2D eigenvalue weighted by Crippen LogP contribution is 2.26. The van der Waals surface area contributed by atoms with Crippen molar-refractivity contribution in [2.24, 2.45) is 5.84 Å². The molecule has 0 aromatic rings. The molecule has 0 atom stereocenters. The smallest absolute Gasteiger partial charge is 0.309 e. The van der Waals surface area contributed by atoms with Gasteiger partial charge >= 0.3 is 12.0 Å². The van der Waals surface area contributed by atoms with E-state index >= 15 is 0 Å². The van der Waals surface area contributed by atoms with E-state index in [2.05, 4.69) is 10.6 Å². The molecule has 4 nitrogen and oxygen atoms in total. The SMILES string of the molecule is NNC(=O)C(F)(F)OC1CCCCC1. The fourth-order valence-corrected chi connectivity index (χ4v) is 1.53. The third kappa shape index (κ3) is 2.88. The second-order valence-electron chi connectivity index (χ2n) is 3.37. The topological polar surface area (TPSA) is 64.3 Å². The van der Waals surface area contributed by atoms with E-state index < -0.39 is 18.1 Å². The first-order valence-corrected chi connectivity index (χ1v) is 4.63. The molecule has 0 aromatic carbocycles. The first-order valence-electron chi connectivity index (χ1n) is 4.63. The van der Waals surface area contributed by atoms with Crippen molar-refractivity contribution >= 4 is 5.91 Å². The first-order chi connectivity index (χ1) is 6.56. The van der Waals surface area contributed by atoms with Crippen molar-refractivity contribution < 1.29 is 18.3 Å². The van der Waals surface area contributed by atoms with Crippen LogP contribution in [0, 0.1) is 0 Å². The van der Waals surface area contributed by atoms with Crippen LogP contribution in [0.15, 0.2) is 0 Å². The average Bonchev–Trinajstić information content (AvgIpc) is 2.17. The molecule has 1 fully saturated rings. The summed E-state index contributed by atoms with van der Waals surface area (Å²) in [4.78, 5) is 10.6. The summed E-state index contributed by atoms with van der Waals surface area (Å²) in [6.45, 7) is 0. The van der Waals surface area contributed by atoms with E-state index in [1.165, 1.54) is 5.43 Å². The Bertz CT molecular complexity index is 206. The summed E-state index contributed by atoms with van der Waals surface area (Å²) in [7, 11) is 0. The van der Waals surface area contributed by atoms with E-state index in [-0.39, 0.29) is 0 Å². The van der Waals surface area contributed by atoms with Crippen LogP contribution in [0.5, 0.6) is 0 Å². The third-order valence-corrected chi connectivity index (χ3v) is 2.26. The van der Waals surface area contributed by atoms with Crippen molar-refractivity contribution in [1.82, 2.24) is 5.43 Å². The molecule has 0 spiro atoms. The van der Waals surface area contributed by atoms with Gasteiger partial charge < -0.3 is 4.74 Å². The minimum atomic E-state index is -3.81. The molecule has 1 amide bonds. The van der Waals surface area contributed by atoms with E-state index in [4.69, 9.17) is 0 Å². The fraction of sp³-hybridized carbons (Fsp3) is 0.875. The maximum Gasteiger partial charge on any atom is 0.438 e. The van der Waals surface area contributed by atoms with Gasteiger partial charge in [0.2, 0.25) is 0 Å². The van der Waals surface area contributed by atoms with E-state index in [0.29, 0.717) is 12.8 Å².